The van der Waals surface area contributed by atoms with E-state index >= 15 is 0 Å². The minimum atomic E-state index is -0.509. The van der Waals surface area contributed by atoms with Crippen LogP contribution in [-0.2, 0) is 16.1 Å². The van der Waals surface area contributed by atoms with Crippen LogP contribution < -0.4 is 5.32 Å². The summed E-state index contributed by atoms with van der Waals surface area (Å²) in [5.41, 5.74) is 1.89. The van der Waals surface area contributed by atoms with Gasteiger partial charge in [0.2, 0.25) is 5.91 Å². The largest absolute Gasteiger partial charge is 0.445 e. The molecule has 2 amide bonds. The van der Waals surface area contributed by atoms with Gasteiger partial charge in [0.05, 0.1) is 0 Å². The van der Waals surface area contributed by atoms with Crippen LogP contribution in [0.1, 0.15) is 24.0 Å². The molecular weight excluding hydrogens is 328 g/mol. The molecule has 26 heavy (non-hydrogen) atoms. The van der Waals surface area contributed by atoms with Crippen molar-refractivity contribution >= 4 is 18.1 Å². The van der Waals surface area contributed by atoms with Crippen LogP contribution in [0.15, 0.2) is 66.7 Å². The molecule has 0 unspecified atom stereocenters. The third-order valence-electron chi connectivity index (χ3n) is 4.25. The van der Waals surface area contributed by atoms with E-state index in [4.69, 9.17) is 4.74 Å². The number of amides is 2. The summed E-state index contributed by atoms with van der Waals surface area (Å²) in [5.74, 6) is -0.111. The van der Waals surface area contributed by atoms with Crippen molar-refractivity contribution in [2.24, 2.45) is 0 Å². The normalized spacial score (nSPS) is 16.6. The first-order valence-corrected chi connectivity index (χ1v) is 8.73. The van der Waals surface area contributed by atoms with Crippen molar-refractivity contribution in [1.29, 1.82) is 0 Å². The zero-order valence-electron chi connectivity index (χ0n) is 14.5. The highest BCUT2D eigenvalue weighted by Gasteiger charge is 2.29. The number of likely N-dealkylation sites (tertiary alicyclic amines) is 1. The molecule has 1 aliphatic heterocycles. The fourth-order valence-corrected chi connectivity index (χ4v) is 2.91. The fourth-order valence-electron chi connectivity index (χ4n) is 2.91. The summed E-state index contributed by atoms with van der Waals surface area (Å²) in [6.07, 6.45) is 4.08. The highest BCUT2D eigenvalue weighted by atomic mass is 16.5. The van der Waals surface area contributed by atoms with Gasteiger partial charge in [-0.05, 0) is 30.0 Å². The fraction of sp³-hybridized carbons (Fsp3) is 0.238. The predicted octanol–water partition coefficient (Wildman–Crippen LogP) is 3.57. The van der Waals surface area contributed by atoms with Crippen LogP contribution in [0.25, 0.3) is 6.08 Å². The zero-order chi connectivity index (χ0) is 18.2. The monoisotopic (exact) mass is 350 g/mol. The summed E-state index contributed by atoms with van der Waals surface area (Å²) >= 11 is 0. The zero-order valence-corrected chi connectivity index (χ0v) is 14.5. The van der Waals surface area contributed by atoms with E-state index in [9.17, 15) is 9.59 Å². The molecule has 0 aliphatic carbocycles. The lowest BCUT2D eigenvalue weighted by Gasteiger charge is -2.24. The van der Waals surface area contributed by atoms with Crippen LogP contribution in [0.5, 0.6) is 0 Å². The number of ether oxygens (including phenoxy) is 1. The van der Waals surface area contributed by atoms with Gasteiger partial charge in [0.15, 0.2) is 0 Å². The molecule has 1 N–H and O–H groups in total. The van der Waals surface area contributed by atoms with Crippen molar-refractivity contribution < 1.29 is 14.3 Å². The Morgan fingerprint density at radius 3 is 2.50 bits per heavy atom. The maximum absolute atomic E-state index is 12.4. The Balaban J connectivity index is 1.51. The summed E-state index contributed by atoms with van der Waals surface area (Å²) < 4.78 is 5.24. The van der Waals surface area contributed by atoms with Gasteiger partial charge in [0.1, 0.15) is 12.8 Å². The van der Waals surface area contributed by atoms with Crippen molar-refractivity contribution in [2.75, 3.05) is 6.54 Å². The van der Waals surface area contributed by atoms with Gasteiger partial charge >= 0.3 is 6.09 Å². The van der Waals surface area contributed by atoms with Gasteiger partial charge in [-0.1, -0.05) is 60.7 Å². The molecular formula is C21H22N2O3. The molecule has 0 radical (unpaired) electrons. The second kappa shape index (κ2) is 8.85. The summed E-state index contributed by atoms with van der Waals surface area (Å²) in [6.45, 7) is 0.836. The van der Waals surface area contributed by atoms with Crippen LogP contribution in [0, 0.1) is 0 Å². The Morgan fingerprint density at radius 1 is 1.08 bits per heavy atom. The van der Waals surface area contributed by atoms with E-state index in [1.807, 2.05) is 60.7 Å². The molecule has 1 saturated heterocycles. The second-order valence-electron chi connectivity index (χ2n) is 6.14. The molecule has 5 nitrogen and oxygen atoms in total. The van der Waals surface area contributed by atoms with E-state index in [1.54, 1.807) is 17.1 Å². The van der Waals surface area contributed by atoms with Gasteiger partial charge in [0.25, 0.3) is 0 Å². The lowest BCUT2D eigenvalue weighted by Crippen LogP contribution is -2.46. The van der Waals surface area contributed by atoms with Crippen molar-refractivity contribution in [3.05, 3.63) is 77.9 Å². The van der Waals surface area contributed by atoms with Crippen LogP contribution in [0.4, 0.5) is 4.79 Å². The Bertz CT molecular complexity index is 759. The molecule has 0 saturated carbocycles. The summed E-state index contributed by atoms with van der Waals surface area (Å²) in [4.78, 5) is 26.1. The standard InChI is InChI=1S/C21H22N2O3/c24-20(14-13-17-8-3-1-4-9-17)23-15-7-12-19(23)22-21(25)26-16-18-10-5-2-6-11-18/h1-6,8-11,13-14,19H,7,12,15-16H2,(H,22,25)/b14-13-/t19-/m0/s1. The average molecular weight is 350 g/mol. The molecule has 5 heteroatoms. The van der Waals surface area contributed by atoms with E-state index in [0.29, 0.717) is 6.54 Å². The molecule has 1 fully saturated rings. The van der Waals surface area contributed by atoms with Crippen LogP contribution >= 0.6 is 0 Å². The first-order valence-electron chi connectivity index (χ1n) is 8.73. The molecule has 1 aliphatic rings. The van der Waals surface area contributed by atoms with Crippen molar-refractivity contribution in [2.45, 2.75) is 25.6 Å². The highest BCUT2D eigenvalue weighted by molar-refractivity contribution is 5.92. The third kappa shape index (κ3) is 4.96. The van der Waals surface area contributed by atoms with Gasteiger partial charge in [-0.3, -0.25) is 4.79 Å². The van der Waals surface area contributed by atoms with Gasteiger partial charge < -0.3 is 15.0 Å². The van der Waals surface area contributed by atoms with Gasteiger partial charge in [-0.2, -0.15) is 0 Å². The number of carbonyl (C=O) groups excluding carboxylic acids is 2. The number of alkyl carbamates (subject to hydrolysis) is 1. The number of benzene rings is 2. The molecule has 2 aromatic carbocycles. The molecule has 134 valence electrons. The SMILES string of the molecule is O=C(N[C@@H]1CCCN1C(=O)/C=C\c1ccccc1)OCc1ccccc1. The molecule has 0 bridgehead atoms. The first kappa shape index (κ1) is 17.7. The van der Waals surface area contributed by atoms with E-state index < -0.39 is 6.09 Å². The molecule has 2 aromatic rings. The van der Waals surface area contributed by atoms with Crippen LogP contribution in [0.2, 0.25) is 0 Å². The smallest absolute Gasteiger partial charge is 0.409 e. The number of nitrogens with one attached hydrogen (secondary N) is 1. The average Bonchev–Trinajstić information content (AvgIpc) is 3.14. The molecule has 0 aromatic heterocycles. The number of rotatable bonds is 5. The lowest BCUT2D eigenvalue weighted by molar-refractivity contribution is -0.127. The minimum absolute atomic E-state index is 0.111. The molecule has 1 heterocycles. The number of carbonyl (C=O) groups is 2. The maximum atomic E-state index is 12.4. The lowest BCUT2D eigenvalue weighted by atomic mass is 10.2. The molecule has 0 spiro atoms. The van der Waals surface area contributed by atoms with Crippen molar-refractivity contribution in [3.63, 3.8) is 0 Å². The van der Waals surface area contributed by atoms with Gasteiger partial charge in [-0.25, -0.2) is 4.79 Å². The second-order valence-corrected chi connectivity index (χ2v) is 6.14. The van der Waals surface area contributed by atoms with Gasteiger partial charge in [-0.15, -0.1) is 0 Å². The first-order chi connectivity index (χ1) is 12.7. The molecule has 3 rings (SSSR count). The van der Waals surface area contributed by atoms with Crippen molar-refractivity contribution in [3.8, 4) is 0 Å². The van der Waals surface area contributed by atoms with E-state index in [0.717, 1.165) is 24.0 Å². The van der Waals surface area contributed by atoms with E-state index in [1.165, 1.54) is 0 Å². The predicted molar refractivity (Wildman–Crippen MR) is 100.0 cm³/mol. The quantitative estimate of drug-likeness (QED) is 0.839. The summed E-state index contributed by atoms with van der Waals surface area (Å²) in [6, 6.07) is 19.1. The maximum Gasteiger partial charge on any atom is 0.409 e. The summed E-state index contributed by atoms with van der Waals surface area (Å²) in [7, 11) is 0. The van der Waals surface area contributed by atoms with E-state index in [2.05, 4.69) is 5.32 Å². The van der Waals surface area contributed by atoms with Crippen molar-refractivity contribution in [1.82, 2.24) is 10.2 Å². The number of hydrogen-bond acceptors (Lipinski definition) is 3. The number of hydrogen-bond donors (Lipinski definition) is 1. The van der Waals surface area contributed by atoms with Crippen LogP contribution in [0.3, 0.4) is 0 Å². The summed E-state index contributed by atoms with van der Waals surface area (Å²) in [5, 5.41) is 2.79. The Kier molecular flexibility index (Phi) is 6.04. The van der Waals surface area contributed by atoms with Gasteiger partial charge in [0, 0.05) is 12.6 Å². The van der Waals surface area contributed by atoms with E-state index in [-0.39, 0.29) is 18.7 Å². The Morgan fingerprint density at radius 2 is 1.77 bits per heavy atom. The Labute approximate surface area is 153 Å². The minimum Gasteiger partial charge on any atom is -0.445 e. The highest BCUT2D eigenvalue weighted by Crippen LogP contribution is 2.16. The third-order valence-corrected chi connectivity index (χ3v) is 4.25. The topological polar surface area (TPSA) is 58.6 Å². The Hall–Kier alpha value is -3.08. The molecule has 1 atom stereocenters. The van der Waals surface area contributed by atoms with Crippen LogP contribution in [-0.4, -0.2) is 29.6 Å². The number of nitrogens with zero attached hydrogens (tertiary/aromatic N) is 1.